The number of anilines is 2. The largest absolute Gasteiger partial charge is 0.455 e. The van der Waals surface area contributed by atoms with Gasteiger partial charge in [-0.05, 0) is 63.1 Å². The van der Waals surface area contributed by atoms with Gasteiger partial charge in [-0.25, -0.2) is 4.39 Å². The molecule has 0 saturated heterocycles. The third-order valence-corrected chi connectivity index (χ3v) is 5.01. The Balaban J connectivity index is 1.58. The van der Waals surface area contributed by atoms with Crippen LogP contribution >= 0.6 is 0 Å². The molecule has 29 heavy (non-hydrogen) atoms. The Hall–Kier alpha value is -3.41. The molecule has 0 radical (unpaired) electrons. The minimum atomic E-state index is -0.293. The molecule has 0 bridgehead atoms. The van der Waals surface area contributed by atoms with Gasteiger partial charge in [0.05, 0.1) is 11.4 Å². The first-order valence-corrected chi connectivity index (χ1v) is 9.60. The first-order valence-electron chi connectivity index (χ1n) is 9.60. The topological polar surface area (TPSA) is 66.6 Å². The molecule has 3 aromatic rings. The minimum absolute atomic E-state index is 0.272. The van der Waals surface area contributed by atoms with Crippen LogP contribution in [0.3, 0.4) is 0 Å². The predicted molar refractivity (Wildman–Crippen MR) is 112 cm³/mol. The highest BCUT2D eigenvalue weighted by Crippen LogP contribution is 2.30. The number of halogens is 1. The fraction of sp³-hybridized carbons (Fsp3) is 0.217. The molecule has 5 nitrogen and oxygen atoms in total. The Morgan fingerprint density at radius 2 is 1.69 bits per heavy atom. The molecule has 1 heterocycles. The van der Waals surface area contributed by atoms with Gasteiger partial charge in [0.1, 0.15) is 11.6 Å². The summed E-state index contributed by atoms with van der Waals surface area (Å²) < 4.78 is 19.0. The molecule has 1 aliphatic carbocycles. The van der Waals surface area contributed by atoms with Crippen LogP contribution in [0.5, 0.6) is 0 Å². The Labute approximate surface area is 168 Å². The SMILES string of the molecule is Cc1ccc(NC(=O)c2oc3c(c2C)/C(=N/Nc2ccc(F)cc2)CCC3)cc1. The van der Waals surface area contributed by atoms with E-state index in [0.717, 1.165) is 53.1 Å². The van der Waals surface area contributed by atoms with Gasteiger partial charge in [0, 0.05) is 23.2 Å². The maximum atomic E-state index is 13.1. The number of amides is 1. The summed E-state index contributed by atoms with van der Waals surface area (Å²) in [4.78, 5) is 12.8. The van der Waals surface area contributed by atoms with E-state index >= 15 is 0 Å². The van der Waals surface area contributed by atoms with Gasteiger partial charge >= 0.3 is 0 Å². The van der Waals surface area contributed by atoms with Crippen LogP contribution in [-0.4, -0.2) is 11.6 Å². The van der Waals surface area contributed by atoms with Gasteiger partial charge in [0.15, 0.2) is 5.76 Å². The second-order valence-corrected chi connectivity index (χ2v) is 7.21. The number of rotatable bonds is 4. The average Bonchev–Trinajstić information content (AvgIpc) is 3.07. The second-order valence-electron chi connectivity index (χ2n) is 7.21. The number of hydrazone groups is 1. The molecule has 2 aromatic carbocycles. The molecule has 0 fully saturated rings. The number of hydrogen-bond donors (Lipinski definition) is 2. The zero-order chi connectivity index (χ0) is 20.4. The Morgan fingerprint density at radius 1 is 1.00 bits per heavy atom. The maximum Gasteiger partial charge on any atom is 0.291 e. The van der Waals surface area contributed by atoms with Crippen LogP contribution in [0.25, 0.3) is 0 Å². The van der Waals surface area contributed by atoms with E-state index in [4.69, 9.17) is 4.42 Å². The van der Waals surface area contributed by atoms with Crippen LogP contribution in [0.2, 0.25) is 0 Å². The molecule has 1 aliphatic rings. The summed E-state index contributed by atoms with van der Waals surface area (Å²) in [7, 11) is 0. The molecule has 2 N–H and O–H groups in total. The van der Waals surface area contributed by atoms with Crippen molar-refractivity contribution >= 4 is 23.0 Å². The van der Waals surface area contributed by atoms with E-state index in [1.165, 1.54) is 12.1 Å². The molecule has 0 atom stereocenters. The number of fused-ring (bicyclic) bond motifs is 1. The molecule has 0 unspecified atom stereocenters. The quantitative estimate of drug-likeness (QED) is 0.582. The molecule has 4 rings (SSSR count). The molecule has 0 aliphatic heterocycles. The minimum Gasteiger partial charge on any atom is -0.455 e. The summed E-state index contributed by atoms with van der Waals surface area (Å²) in [5.74, 6) is 0.527. The number of nitrogens with one attached hydrogen (secondary N) is 2. The number of benzene rings is 2. The standard InChI is InChI=1S/C23H22FN3O2/c1-14-6-10-17(11-7-14)25-23(28)22-15(2)21-19(4-3-5-20(21)29-22)27-26-18-12-8-16(24)9-13-18/h6-13,26H,3-5H2,1-2H3,(H,25,28)/b27-19+. The van der Waals surface area contributed by atoms with Crippen molar-refractivity contribution in [2.45, 2.75) is 33.1 Å². The normalized spacial score (nSPS) is 14.5. The summed E-state index contributed by atoms with van der Waals surface area (Å²) in [6, 6.07) is 13.6. The van der Waals surface area contributed by atoms with Crippen molar-refractivity contribution in [1.29, 1.82) is 0 Å². The number of hydrogen-bond acceptors (Lipinski definition) is 4. The van der Waals surface area contributed by atoms with Crippen LogP contribution in [-0.2, 0) is 6.42 Å². The van der Waals surface area contributed by atoms with E-state index in [1.54, 1.807) is 12.1 Å². The number of carbonyl (C=O) groups excluding carboxylic acids is 1. The number of aryl methyl sites for hydroxylation is 2. The van der Waals surface area contributed by atoms with Crippen molar-refractivity contribution in [2.75, 3.05) is 10.7 Å². The lowest BCUT2D eigenvalue weighted by Gasteiger charge is -2.13. The highest BCUT2D eigenvalue weighted by Gasteiger charge is 2.28. The molecule has 0 spiro atoms. The van der Waals surface area contributed by atoms with Crippen LogP contribution in [0.4, 0.5) is 15.8 Å². The van der Waals surface area contributed by atoms with Crippen molar-refractivity contribution in [3.05, 3.63) is 82.6 Å². The third kappa shape index (κ3) is 4.06. The van der Waals surface area contributed by atoms with Gasteiger partial charge in [0.2, 0.25) is 0 Å². The van der Waals surface area contributed by atoms with Gasteiger partial charge in [-0.2, -0.15) is 5.10 Å². The molecule has 1 aromatic heterocycles. The van der Waals surface area contributed by atoms with Crippen molar-refractivity contribution < 1.29 is 13.6 Å². The predicted octanol–water partition coefficient (Wildman–Crippen LogP) is 5.44. The van der Waals surface area contributed by atoms with Gasteiger partial charge in [-0.15, -0.1) is 0 Å². The number of carbonyl (C=O) groups is 1. The molecular weight excluding hydrogens is 369 g/mol. The lowest BCUT2D eigenvalue weighted by Crippen LogP contribution is -2.14. The average molecular weight is 391 g/mol. The first-order chi connectivity index (χ1) is 14.0. The second kappa shape index (κ2) is 7.91. The zero-order valence-corrected chi connectivity index (χ0v) is 16.4. The van der Waals surface area contributed by atoms with Gasteiger partial charge in [0.25, 0.3) is 5.91 Å². The summed E-state index contributed by atoms with van der Waals surface area (Å²) in [5.41, 5.74) is 8.03. The third-order valence-electron chi connectivity index (χ3n) is 5.01. The summed E-state index contributed by atoms with van der Waals surface area (Å²) >= 11 is 0. The van der Waals surface area contributed by atoms with Gasteiger partial charge in [-0.3, -0.25) is 10.2 Å². The van der Waals surface area contributed by atoms with Crippen molar-refractivity contribution in [3.8, 4) is 0 Å². The van der Waals surface area contributed by atoms with Gasteiger partial charge in [-0.1, -0.05) is 17.7 Å². The van der Waals surface area contributed by atoms with Crippen LogP contribution in [0.15, 0.2) is 58.0 Å². The van der Waals surface area contributed by atoms with Crippen LogP contribution in [0, 0.1) is 19.7 Å². The zero-order valence-electron chi connectivity index (χ0n) is 16.4. The Bertz CT molecular complexity index is 1070. The molecule has 1 amide bonds. The number of nitrogens with zero attached hydrogens (tertiary/aromatic N) is 1. The fourth-order valence-electron chi connectivity index (χ4n) is 3.48. The van der Waals surface area contributed by atoms with Crippen molar-refractivity contribution in [1.82, 2.24) is 0 Å². The first kappa shape index (κ1) is 18.9. The highest BCUT2D eigenvalue weighted by molar-refractivity contribution is 6.09. The smallest absolute Gasteiger partial charge is 0.291 e. The molecule has 148 valence electrons. The molecular formula is C23H22FN3O2. The highest BCUT2D eigenvalue weighted by atomic mass is 19.1. The lowest BCUT2D eigenvalue weighted by molar-refractivity contribution is 0.0994. The van der Waals surface area contributed by atoms with E-state index < -0.39 is 0 Å². The summed E-state index contributed by atoms with van der Waals surface area (Å²) in [6.07, 6.45) is 2.44. The van der Waals surface area contributed by atoms with E-state index in [-0.39, 0.29) is 11.7 Å². The van der Waals surface area contributed by atoms with Crippen LogP contribution < -0.4 is 10.7 Å². The lowest BCUT2D eigenvalue weighted by atomic mass is 9.93. The Morgan fingerprint density at radius 3 is 2.41 bits per heavy atom. The molecule has 6 heteroatoms. The van der Waals surface area contributed by atoms with E-state index in [1.807, 2.05) is 38.1 Å². The Kier molecular flexibility index (Phi) is 5.16. The maximum absolute atomic E-state index is 13.1. The van der Waals surface area contributed by atoms with E-state index in [2.05, 4.69) is 15.8 Å². The monoisotopic (exact) mass is 391 g/mol. The fourth-order valence-corrected chi connectivity index (χ4v) is 3.48. The number of furan rings is 1. The van der Waals surface area contributed by atoms with E-state index in [0.29, 0.717) is 11.4 Å². The summed E-state index contributed by atoms with van der Waals surface area (Å²) in [6.45, 7) is 3.88. The molecule has 0 saturated carbocycles. The van der Waals surface area contributed by atoms with Crippen LogP contribution in [0.1, 0.15) is 45.8 Å². The van der Waals surface area contributed by atoms with Crippen molar-refractivity contribution in [2.24, 2.45) is 5.10 Å². The summed E-state index contributed by atoms with van der Waals surface area (Å²) in [5, 5.41) is 7.39. The van der Waals surface area contributed by atoms with Crippen molar-refractivity contribution in [3.63, 3.8) is 0 Å². The van der Waals surface area contributed by atoms with Gasteiger partial charge < -0.3 is 9.73 Å². The van der Waals surface area contributed by atoms with E-state index in [9.17, 15) is 9.18 Å².